The fourth-order valence-corrected chi connectivity index (χ4v) is 6.33. The molecule has 2 aromatic rings. The highest BCUT2D eigenvalue weighted by molar-refractivity contribution is 6.05. The number of hydrogen-bond donors (Lipinski definition) is 1. The lowest BCUT2D eigenvalue weighted by molar-refractivity contribution is 0.0690. The van der Waals surface area contributed by atoms with Crippen molar-refractivity contribution in [2.24, 2.45) is 0 Å². The first-order valence-corrected chi connectivity index (χ1v) is 13.4. The van der Waals surface area contributed by atoms with E-state index in [9.17, 15) is 10.2 Å². The molecular formula is C30H42N4O. The molecule has 0 spiro atoms. The lowest BCUT2D eigenvalue weighted by Crippen LogP contribution is -2.70. The SMILES string of the molecule is CC(C)N(CC[C@@]1(c2ccccc2)C(=N)N(CCc2ccccc2)C(=O)N2CCCC[C@@H]21)C(C)C. The minimum Gasteiger partial charge on any atom is -0.320 e. The van der Waals surface area contributed by atoms with E-state index in [2.05, 4.69) is 80.0 Å². The van der Waals surface area contributed by atoms with Crippen LogP contribution in [0.25, 0.3) is 0 Å². The van der Waals surface area contributed by atoms with Crippen LogP contribution in [0.1, 0.15) is 64.5 Å². The molecular weight excluding hydrogens is 432 g/mol. The number of piperidine rings is 1. The van der Waals surface area contributed by atoms with Crippen LogP contribution in [-0.2, 0) is 11.8 Å². The predicted octanol–water partition coefficient (Wildman–Crippen LogP) is 5.94. The number of nitrogens with one attached hydrogen (secondary N) is 1. The van der Waals surface area contributed by atoms with E-state index in [0.29, 0.717) is 24.5 Å². The predicted molar refractivity (Wildman–Crippen MR) is 144 cm³/mol. The van der Waals surface area contributed by atoms with E-state index in [0.717, 1.165) is 45.2 Å². The van der Waals surface area contributed by atoms with Gasteiger partial charge in [-0.05, 0) is 70.9 Å². The second-order valence-electron chi connectivity index (χ2n) is 10.7. The molecule has 5 nitrogen and oxygen atoms in total. The van der Waals surface area contributed by atoms with Gasteiger partial charge < -0.3 is 4.90 Å². The average Bonchev–Trinajstić information content (AvgIpc) is 2.87. The summed E-state index contributed by atoms with van der Waals surface area (Å²) in [5.74, 6) is 0.486. The Balaban J connectivity index is 1.75. The Morgan fingerprint density at radius 2 is 1.60 bits per heavy atom. The van der Waals surface area contributed by atoms with Gasteiger partial charge in [0, 0.05) is 31.7 Å². The van der Waals surface area contributed by atoms with E-state index in [-0.39, 0.29) is 12.1 Å². The zero-order chi connectivity index (χ0) is 25.0. The third-order valence-electron chi connectivity index (χ3n) is 8.09. The molecule has 2 aromatic carbocycles. The summed E-state index contributed by atoms with van der Waals surface area (Å²) >= 11 is 0. The minimum atomic E-state index is -0.506. The van der Waals surface area contributed by atoms with Gasteiger partial charge in [0.15, 0.2) is 0 Å². The molecule has 4 rings (SSSR count). The van der Waals surface area contributed by atoms with Crippen molar-refractivity contribution in [3.63, 3.8) is 0 Å². The largest absolute Gasteiger partial charge is 0.325 e. The minimum absolute atomic E-state index is 0.0202. The molecule has 1 N–H and O–H groups in total. The first kappa shape index (κ1) is 25.4. The smallest absolute Gasteiger partial charge is 0.320 e. The Labute approximate surface area is 211 Å². The number of amides is 2. The van der Waals surface area contributed by atoms with Crippen LogP contribution in [0, 0.1) is 5.41 Å². The summed E-state index contributed by atoms with van der Waals surface area (Å²) in [5.41, 5.74) is 1.87. The molecule has 0 unspecified atom stereocenters. The van der Waals surface area contributed by atoms with Gasteiger partial charge >= 0.3 is 6.03 Å². The number of amidine groups is 1. The zero-order valence-corrected chi connectivity index (χ0v) is 21.9. The maximum Gasteiger partial charge on any atom is 0.325 e. The highest BCUT2D eigenvalue weighted by Gasteiger charge is 2.55. The number of nitrogens with zero attached hydrogens (tertiary/aromatic N) is 3. The quantitative estimate of drug-likeness (QED) is 0.489. The number of rotatable bonds is 9. The topological polar surface area (TPSA) is 50.6 Å². The summed E-state index contributed by atoms with van der Waals surface area (Å²) in [7, 11) is 0. The van der Waals surface area contributed by atoms with Crippen molar-refractivity contribution in [2.75, 3.05) is 19.6 Å². The monoisotopic (exact) mass is 474 g/mol. The van der Waals surface area contributed by atoms with Crippen molar-refractivity contribution in [3.05, 3.63) is 71.8 Å². The van der Waals surface area contributed by atoms with Gasteiger partial charge in [0.05, 0.1) is 11.5 Å². The molecule has 2 amide bonds. The second kappa shape index (κ2) is 10.9. The van der Waals surface area contributed by atoms with Gasteiger partial charge in [-0.1, -0.05) is 60.7 Å². The van der Waals surface area contributed by atoms with Crippen molar-refractivity contribution in [1.29, 1.82) is 5.41 Å². The lowest BCUT2D eigenvalue weighted by atomic mass is 9.65. The van der Waals surface area contributed by atoms with Gasteiger partial charge in [-0.15, -0.1) is 0 Å². The maximum atomic E-state index is 13.8. The van der Waals surface area contributed by atoms with Crippen LogP contribution in [0.2, 0.25) is 0 Å². The van der Waals surface area contributed by atoms with Gasteiger partial charge in [-0.3, -0.25) is 15.2 Å². The zero-order valence-electron chi connectivity index (χ0n) is 21.9. The molecule has 0 bridgehead atoms. The van der Waals surface area contributed by atoms with Crippen molar-refractivity contribution >= 4 is 11.9 Å². The molecule has 0 aliphatic carbocycles. The molecule has 2 aliphatic rings. The number of urea groups is 1. The molecule has 188 valence electrons. The van der Waals surface area contributed by atoms with Crippen LogP contribution in [0.3, 0.4) is 0 Å². The normalized spacial score (nSPS) is 22.9. The summed E-state index contributed by atoms with van der Waals surface area (Å²) in [6.07, 6.45) is 4.69. The van der Waals surface area contributed by atoms with Gasteiger partial charge in [0.1, 0.15) is 5.84 Å². The number of carbonyl (C=O) groups is 1. The second-order valence-corrected chi connectivity index (χ2v) is 10.7. The number of hydrogen-bond acceptors (Lipinski definition) is 3. The van der Waals surface area contributed by atoms with E-state index in [4.69, 9.17) is 0 Å². The summed E-state index contributed by atoms with van der Waals surface area (Å²) < 4.78 is 0. The average molecular weight is 475 g/mol. The van der Waals surface area contributed by atoms with Crippen LogP contribution in [0.4, 0.5) is 4.79 Å². The van der Waals surface area contributed by atoms with Gasteiger partial charge in [0.25, 0.3) is 0 Å². The van der Waals surface area contributed by atoms with Gasteiger partial charge in [0.2, 0.25) is 0 Å². The van der Waals surface area contributed by atoms with Crippen LogP contribution in [0.15, 0.2) is 60.7 Å². The Kier molecular flexibility index (Phi) is 7.95. The van der Waals surface area contributed by atoms with E-state index >= 15 is 0 Å². The number of benzene rings is 2. The summed E-state index contributed by atoms with van der Waals surface area (Å²) in [6, 6.07) is 21.8. The molecule has 2 fully saturated rings. The molecule has 0 radical (unpaired) electrons. The van der Waals surface area contributed by atoms with Gasteiger partial charge in [-0.25, -0.2) is 4.79 Å². The number of fused-ring (bicyclic) bond motifs is 1. The van der Waals surface area contributed by atoms with Crippen molar-refractivity contribution in [3.8, 4) is 0 Å². The molecule has 2 atom stereocenters. The maximum absolute atomic E-state index is 13.8. The Morgan fingerprint density at radius 3 is 2.23 bits per heavy atom. The highest BCUT2D eigenvalue weighted by atomic mass is 16.2. The Morgan fingerprint density at radius 1 is 0.971 bits per heavy atom. The molecule has 0 saturated carbocycles. The molecule has 2 aliphatic heterocycles. The molecule has 35 heavy (non-hydrogen) atoms. The van der Waals surface area contributed by atoms with E-state index in [1.165, 1.54) is 11.1 Å². The third-order valence-corrected chi connectivity index (χ3v) is 8.09. The third kappa shape index (κ3) is 5.02. The van der Waals surface area contributed by atoms with E-state index in [1.54, 1.807) is 4.90 Å². The molecule has 0 aromatic heterocycles. The van der Waals surface area contributed by atoms with Crippen LogP contribution < -0.4 is 0 Å². The lowest BCUT2D eigenvalue weighted by Gasteiger charge is -2.56. The number of carbonyl (C=O) groups excluding carboxylic acids is 1. The van der Waals surface area contributed by atoms with Crippen LogP contribution in [0.5, 0.6) is 0 Å². The molecule has 2 saturated heterocycles. The summed E-state index contributed by atoms with van der Waals surface area (Å²) in [4.78, 5) is 20.2. The molecule has 5 heteroatoms. The van der Waals surface area contributed by atoms with Crippen molar-refractivity contribution < 1.29 is 4.79 Å². The Hall–Kier alpha value is -2.66. The first-order valence-electron chi connectivity index (χ1n) is 13.4. The van der Waals surface area contributed by atoms with Gasteiger partial charge in [-0.2, -0.15) is 0 Å². The van der Waals surface area contributed by atoms with Crippen molar-refractivity contribution in [1.82, 2.24) is 14.7 Å². The van der Waals surface area contributed by atoms with Crippen LogP contribution in [-0.4, -0.2) is 64.3 Å². The standard InChI is InChI=1S/C30H42N4O/c1-23(2)32(24(3)4)22-19-30(26-15-9-6-10-16-26)27-17-11-12-20-33(27)29(35)34(28(30)31)21-18-25-13-7-5-8-14-25/h5-10,13-16,23-24,27,31H,11-12,17-22H2,1-4H3/t27-,30+/m1/s1. The summed E-state index contributed by atoms with van der Waals surface area (Å²) in [6.45, 7) is 11.2. The van der Waals surface area contributed by atoms with E-state index in [1.807, 2.05) is 18.2 Å². The summed E-state index contributed by atoms with van der Waals surface area (Å²) in [5, 5.41) is 9.63. The first-order chi connectivity index (χ1) is 16.9. The van der Waals surface area contributed by atoms with Crippen LogP contribution >= 0.6 is 0 Å². The highest BCUT2D eigenvalue weighted by Crippen LogP contribution is 2.44. The molecule has 2 heterocycles. The Bertz CT molecular complexity index is 982. The fraction of sp³-hybridized carbons (Fsp3) is 0.533. The van der Waals surface area contributed by atoms with Crippen molar-refractivity contribution in [2.45, 2.75) is 83.3 Å². The fourth-order valence-electron chi connectivity index (χ4n) is 6.33. The van der Waals surface area contributed by atoms with E-state index < -0.39 is 5.41 Å².